The highest BCUT2D eigenvalue weighted by atomic mass is 19.3. The molecule has 6 atom stereocenters. The zero-order valence-electron chi connectivity index (χ0n) is 29.6. The number of alkyl carbamates (subject to hydrolysis) is 1. The van der Waals surface area contributed by atoms with Crippen molar-refractivity contribution >= 4 is 12.1 Å². The Labute approximate surface area is 285 Å². The molecule has 1 aromatic carbocycles. The van der Waals surface area contributed by atoms with Crippen molar-refractivity contribution in [2.45, 2.75) is 141 Å². The summed E-state index contributed by atoms with van der Waals surface area (Å²) in [6.45, 7) is 10.9. The van der Waals surface area contributed by atoms with Gasteiger partial charge in [-0.15, -0.1) is 0 Å². The Kier molecular flexibility index (Phi) is 20.8. The molecule has 1 saturated heterocycles. The lowest BCUT2D eigenvalue weighted by atomic mass is 9.88. The third-order valence-electron chi connectivity index (χ3n) is 7.95. The number of rotatable bonds is 25. The molecular weight excluding hydrogens is 628 g/mol. The Morgan fingerprint density at radius 2 is 1.35 bits per heavy atom. The molecule has 1 amide bonds. The lowest BCUT2D eigenvalue weighted by Gasteiger charge is -2.48. The maximum absolute atomic E-state index is 16.7. The van der Waals surface area contributed by atoms with Crippen molar-refractivity contribution in [1.82, 2.24) is 5.32 Å². The summed E-state index contributed by atoms with van der Waals surface area (Å²) in [5, 5.41) is 2.30. The van der Waals surface area contributed by atoms with Gasteiger partial charge in [-0.2, -0.15) is 0 Å². The first-order chi connectivity index (χ1) is 23.2. The van der Waals surface area contributed by atoms with E-state index in [1.807, 2.05) is 33.8 Å². The van der Waals surface area contributed by atoms with Crippen molar-refractivity contribution in [2.75, 3.05) is 39.6 Å². The summed E-state index contributed by atoms with van der Waals surface area (Å²) in [6.07, 6.45) is -1.33. The van der Waals surface area contributed by atoms with Gasteiger partial charge in [0.05, 0.1) is 13.2 Å². The second kappa shape index (κ2) is 23.9. The Morgan fingerprint density at radius 1 is 0.792 bits per heavy atom. The van der Waals surface area contributed by atoms with Crippen molar-refractivity contribution < 1.29 is 51.5 Å². The van der Waals surface area contributed by atoms with Crippen LogP contribution in [0.15, 0.2) is 30.3 Å². The fraction of sp³-hybridized carbons (Fsp3) is 0.778. The van der Waals surface area contributed by atoms with Gasteiger partial charge in [-0.1, -0.05) is 83.7 Å². The van der Waals surface area contributed by atoms with Crippen LogP contribution in [-0.4, -0.2) is 94.2 Å². The number of ether oxygens (including phenoxy) is 7. The van der Waals surface area contributed by atoms with Gasteiger partial charge in [-0.05, 0) is 38.2 Å². The summed E-state index contributed by atoms with van der Waals surface area (Å²) in [7, 11) is 0. The van der Waals surface area contributed by atoms with Gasteiger partial charge in [0.15, 0.2) is 6.10 Å². The van der Waals surface area contributed by atoms with Crippen LogP contribution in [0.2, 0.25) is 0 Å². The predicted octanol–water partition coefficient (Wildman–Crippen LogP) is 7.01. The number of alkyl halides is 2. The quantitative estimate of drug-likeness (QED) is 0.0858. The number of amides is 1. The van der Waals surface area contributed by atoms with Crippen LogP contribution >= 0.6 is 0 Å². The molecule has 10 nitrogen and oxygen atoms in total. The molecule has 0 aromatic heterocycles. The van der Waals surface area contributed by atoms with Crippen LogP contribution < -0.4 is 5.32 Å². The molecule has 1 aromatic rings. The zero-order chi connectivity index (χ0) is 35.2. The van der Waals surface area contributed by atoms with Crippen LogP contribution in [0.4, 0.5) is 13.6 Å². The summed E-state index contributed by atoms with van der Waals surface area (Å²) in [5.41, 5.74) is 0.699. The van der Waals surface area contributed by atoms with Crippen LogP contribution in [0, 0.1) is 0 Å². The third kappa shape index (κ3) is 14.6. The fourth-order valence-electron chi connectivity index (χ4n) is 5.23. The van der Waals surface area contributed by atoms with Gasteiger partial charge in [0, 0.05) is 32.8 Å². The second-order valence-corrected chi connectivity index (χ2v) is 12.1. The topological polar surface area (TPSA) is 111 Å². The van der Waals surface area contributed by atoms with E-state index in [9.17, 15) is 9.59 Å². The molecule has 1 fully saturated rings. The zero-order valence-corrected chi connectivity index (χ0v) is 29.6. The molecule has 0 spiro atoms. The van der Waals surface area contributed by atoms with Crippen molar-refractivity contribution in [3.05, 3.63) is 35.9 Å². The summed E-state index contributed by atoms with van der Waals surface area (Å²) in [5.74, 6) is -4.70. The molecule has 0 bridgehead atoms. The summed E-state index contributed by atoms with van der Waals surface area (Å²) < 4.78 is 74.6. The SMILES string of the molecule is CCCCOC[C@H]1O[C@@H](C(F)(F)CC(NC(=O)OCc2ccccc2)C(=O)OCC)[C@H](OCCCC)[C@@H](OCCCC)[C@H]1OCCCC. The Hall–Kier alpha value is -2.38. The van der Waals surface area contributed by atoms with E-state index < -0.39 is 61.0 Å². The predicted molar refractivity (Wildman–Crippen MR) is 178 cm³/mol. The number of hydrogen-bond donors (Lipinski definition) is 1. The molecule has 48 heavy (non-hydrogen) atoms. The van der Waals surface area contributed by atoms with Crippen molar-refractivity contribution in [3.8, 4) is 0 Å². The molecule has 0 saturated carbocycles. The largest absolute Gasteiger partial charge is 0.464 e. The molecule has 12 heteroatoms. The number of halogens is 2. The maximum Gasteiger partial charge on any atom is 0.408 e. The maximum atomic E-state index is 16.7. The van der Waals surface area contributed by atoms with Gasteiger partial charge in [-0.25, -0.2) is 18.4 Å². The lowest BCUT2D eigenvalue weighted by Crippen LogP contribution is -2.66. The highest BCUT2D eigenvalue weighted by Crippen LogP contribution is 2.39. The Bertz CT molecular complexity index is 1000. The van der Waals surface area contributed by atoms with Gasteiger partial charge < -0.3 is 38.5 Å². The molecule has 0 aliphatic carbocycles. The van der Waals surface area contributed by atoms with Crippen molar-refractivity contribution in [1.29, 1.82) is 0 Å². The summed E-state index contributed by atoms with van der Waals surface area (Å²) in [4.78, 5) is 25.7. The number of carbonyl (C=O) groups is 2. The standard InChI is InChI=1S/C36H59F2NO9/c1-6-11-20-42-26-29-30(44-21-12-7-2)31(45-22-13-8-3)32(46-23-14-9-4)33(48-29)36(37,38)24-28(34(40)43-10-5)39-35(41)47-25-27-18-16-15-17-19-27/h15-19,28-33H,6-14,20-26H2,1-5H3,(H,39,41)/t28?,29-,30+,31+,32-,33-/m1/s1. The molecular formula is C36H59F2NO9. The number of nitrogens with one attached hydrogen (secondary N) is 1. The molecule has 1 aliphatic heterocycles. The van der Waals surface area contributed by atoms with E-state index >= 15 is 8.78 Å². The molecule has 2 rings (SSSR count). The van der Waals surface area contributed by atoms with E-state index in [0.29, 0.717) is 31.8 Å². The van der Waals surface area contributed by atoms with E-state index in [1.165, 1.54) is 0 Å². The van der Waals surface area contributed by atoms with E-state index in [4.69, 9.17) is 33.2 Å². The normalized spacial score (nSPS) is 21.9. The van der Waals surface area contributed by atoms with Gasteiger partial charge >= 0.3 is 12.1 Å². The van der Waals surface area contributed by atoms with Gasteiger partial charge in [-0.3, -0.25) is 0 Å². The van der Waals surface area contributed by atoms with E-state index in [0.717, 1.165) is 44.9 Å². The summed E-state index contributed by atoms with van der Waals surface area (Å²) in [6, 6.07) is 7.16. The minimum atomic E-state index is -3.69. The van der Waals surface area contributed by atoms with Crippen LogP contribution in [0.25, 0.3) is 0 Å². The molecule has 1 aliphatic rings. The second-order valence-electron chi connectivity index (χ2n) is 12.1. The van der Waals surface area contributed by atoms with Gasteiger partial charge in [0.2, 0.25) is 0 Å². The van der Waals surface area contributed by atoms with E-state index in [2.05, 4.69) is 5.32 Å². The first-order valence-corrected chi connectivity index (χ1v) is 17.8. The average molecular weight is 688 g/mol. The van der Waals surface area contributed by atoms with Crippen LogP contribution in [0.5, 0.6) is 0 Å². The minimum absolute atomic E-state index is 0.0179. The Balaban J connectivity index is 2.42. The number of benzene rings is 1. The highest BCUT2D eigenvalue weighted by Gasteiger charge is 2.58. The third-order valence-corrected chi connectivity index (χ3v) is 7.95. The first-order valence-electron chi connectivity index (χ1n) is 17.8. The fourth-order valence-corrected chi connectivity index (χ4v) is 5.23. The summed E-state index contributed by atoms with van der Waals surface area (Å²) >= 11 is 0. The average Bonchev–Trinajstić information content (AvgIpc) is 3.07. The first kappa shape index (κ1) is 41.8. The molecule has 276 valence electrons. The monoisotopic (exact) mass is 687 g/mol. The van der Waals surface area contributed by atoms with Gasteiger partial charge in [0.1, 0.15) is 37.1 Å². The molecule has 1 N–H and O–H groups in total. The van der Waals surface area contributed by atoms with Gasteiger partial charge in [0.25, 0.3) is 5.92 Å². The lowest BCUT2D eigenvalue weighted by molar-refractivity contribution is -0.306. The van der Waals surface area contributed by atoms with Crippen LogP contribution in [-0.2, 0) is 44.6 Å². The van der Waals surface area contributed by atoms with Crippen molar-refractivity contribution in [3.63, 3.8) is 0 Å². The number of unbranched alkanes of at least 4 members (excludes halogenated alkanes) is 4. The highest BCUT2D eigenvalue weighted by molar-refractivity contribution is 5.81. The minimum Gasteiger partial charge on any atom is -0.464 e. The molecule has 1 heterocycles. The number of hydrogen-bond acceptors (Lipinski definition) is 9. The van der Waals surface area contributed by atoms with E-state index in [-0.39, 0.29) is 26.4 Å². The van der Waals surface area contributed by atoms with Crippen LogP contribution in [0.1, 0.15) is 98.0 Å². The Morgan fingerprint density at radius 3 is 1.94 bits per heavy atom. The van der Waals surface area contributed by atoms with E-state index in [1.54, 1.807) is 31.2 Å². The smallest absolute Gasteiger partial charge is 0.408 e. The molecule has 1 unspecified atom stereocenters. The molecule has 0 radical (unpaired) electrons. The number of carbonyl (C=O) groups excluding carboxylic acids is 2. The van der Waals surface area contributed by atoms with Crippen LogP contribution in [0.3, 0.4) is 0 Å². The van der Waals surface area contributed by atoms with Crippen molar-refractivity contribution in [2.24, 2.45) is 0 Å². The number of esters is 1.